The van der Waals surface area contributed by atoms with Crippen LogP contribution in [0, 0.1) is 6.92 Å². The Labute approximate surface area is 147 Å². The van der Waals surface area contributed by atoms with E-state index in [9.17, 15) is 0 Å². The van der Waals surface area contributed by atoms with E-state index in [1.54, 1.807) is 11.3 Å². The molecule has 1 aromatic carbocycles. The summed E-state index contributed by atoms with van der Waals surface area (Å²) < 4.78 is 5.72. The number of fused-ring (bicyclic) bond motifs is 1. The Bertz CT molecular complexity index is 974. The molecule has 0 aliphatic rings. The number of para-hydroxylation sites is 1. The number of aryl methyl sites for hydroxylation is 1. The van der Waals surface area contributed by atoms with Crippen LogP contribution >= 0.6 is 23.1 Å². The summed E-state index contributed by atoms with van der Waals surface area (Å²) in [6.07, 6.45) is 2.39. The number of thiazole rings is 1. The van der Waals surface area contributed by atoms with Crippen molar-refractivity contribution in [1.82, 2.24) is 20.2 Å². The maximum atomic E-state index is 5.72. The molecule has 7 heteroatoms. The van der Waals surface area contributed by atoms with Crippen molar-refractivity contribution in [2.75, 3.05) is 0 Å². The molecule has 120 valence electrons. The number of rotatable bonds is 5. The van der Waals surface area contributed by atoms with Gasteiger partial charge in [0.25, 0.3) is 5.22 Å². The minimum Gasteiger partial charge on any atom is -0.416 e. The number of aromatic nitrogens is 4. The third-order valence-corrected chi connectivity index (χ3v) is 5.20. The van der Waals surface area contributed by atoms with Gasteiger partial charge in [-0.3, -0.25) is 4.98 Å². The van der Waals surface area contributed by atoms with Crippen LogP contribution in [0.15, 0.2) is 51.5 Å². The number of hydrogen-bond donors (Lipinski definition) is 0. The normalized spacial score (nSPS) is 11.2. The Morgan fingerprint density at radius 3 is 2.96 bits per heavy atom. The minimum atomic E-state index is 0.574. The van der Waals surface area contributed by atoms with Crippen LogP contribution in [0.3, 0.4) is 0 Å². The fraction of sp³-hybridized carbons (Fsp3) is 0.176. The first-order valence-electron chi connectivity index (χ1n) is 7.47. The third kappa shape index (κ3) is 3.32. The lowest BCUT2D eigenvalue weighted by molar-refractivity contribution is 0.419. The van der Waals surface area contributed by atoms with Gasteiger partial charge in [0.2, 0.25) is 5.89 Å². The lowest BCUT2D eigenvalue weighted by Crippen LogP contribution is -1.88. The van der Waals surface area contributed by atoms with E-state index in [1.165, 1.54) is 11.8 Å². The van der Waals surface area contributed by atoms with Crippen LogP contribution < -0.4 is 0 Å². The fourth-order valence-electron chi connectivity index (χ4n) is 2.44. The molecular formula is C17H14N4OS2. The predicted molar refractivity (Wildman–Crippen MR) is 95.3 cm³/mol. The molecule has 4 rings (SSSR count). The van der Waals surface area contributed by atoms with Crippen LogP contribution in [0.4, 0.5) is 0 Å². The van der Waals surface area contributed by atoms with Crippen LogP contribution in [0.5, 0.6) is 0 Å². The predicted octanol–water partition coefficient (Wildman–Crippen LogP) is 4.27. The van der Waals surface area contributed by atoms with E-state index in [-0.39, 0.29) is 0 Å². The summed E-state index contributed by atoms with van der Waals surface area (Å²) in [6, 6.07) is 10.2. The molecule has 0 atom stereocenters. The molecule has 3 heterocycles. The van der Waals surface area contributed by atoms with Gasteiger partial charge >= 0.3 is 0 Å². The average Bonchev–Trinajstić information content (AvgIpc) is 3.22. The number of hydrogen-bond acceptors (Lipinski definition) is 7. The Morgan fingerprint density at radius 1 is 1.17 bits per heavy atom. The molecule has 4 aromatic rings. The van der Waals surface area contributed by atoms with Crippen LogP contribution in [-0.2, 0) is 12.2 Å². The highest BCUT2D eigenvalue weighted by atomic mass is 32.2. The van der Waals surface area contributed by atoms with Gasteiger partial charge in [-0.05, 0) is 18.6 Å². The van der Waals surface area contributed by atoms with Gasteiger partial charge in [0.1, 0.15) is 0 Å². The molecular weight excluding hydrogens is 340 g/mol. The van der Waals surface area contributed by atoms with Crippen LogP contribution in [0.2, 0.25) is 0 Å². The lowest BCUT2D eigenvalue weighted by atomic mass is 10.1. The molecule has 3 aromatic heterocycles. The summed E-state index contributed by atoms with van der Waals surface area (Å²) in [5, 5.41) is 13.0. The highest BCUT2D eigenvalue weighted by molar-refractivity contribution is 7.98. The van der Waals surface area contributed by atoms with Gasteiger partial charge in [-0.1, -0.05) is 36.0 Å². The van der Waals surface area contributed by atoms with E-state index in [0.29, 0.717) is 17.5 Å². The smallest absolute Gasteiger partial charge is 0.276 e. The Morgan fingerprint density at radius 2 is 2.08 bits per heavy atom. The maximum Gasteiger partial charge on any atom is 0.276 e. The first-order chi connectivity index (χ1) is 11.8. The molecule has 0 aliphatic heterocycles. The van der Waals surface area contributed by atoms with Gasteiger partial charge < -0.3 is 4.42 Å². The number of benzene rings is 1. The number of thioether (sulfide) groups is 1. The molecule has 5 nitrogen and oxygen atoms in total. The molecule has 0 fully saturated rings. The van der Waals surface area contributed by atoms with Gasteiger partial charge in [0, 0.05) is 22.7 Å². The molecule has 0 spiro atoms. The quantitative estimate of drug-likeness (QED) is 0.499. The highest BCUT2D eigenvalue weighted by Crippen LogP contribution is 2.26. The van der Waals surface area contributed by atoms with Gasteiger partial charge in [-0.2, -0.15) is 0 Å². The maximum absolute atomic E-state index is 5.72. The Kier molecular flexibility index (Phi) is 4.27. The zero-order chi connectivity index (χ0) is 16.4. The monoisotopic (exact) mass is 354 g/mol. The third-order valence-electron chi connectivity index (χ3n) is 3.51. The molecule has 0 unspecified atom stereocenters. The van der Waals surface area contributed by atoms with Crippen molar-refractivity contribution in [3.63, 3.8) is 0 Å². The van der Waals surface area contributed by atoms with E-state index < -0.39 is 0 Å². The van der Waals surface area contributed by atoms with Crippen molar-refractivity contribution in [3.05, 3.63) is 64.1 Å². The summed E-state index contributed by atoms with van der Waals surface area (Å²) in [5.41, 5.74) is 3.15. The van der Waals surface area contributed by atoms with Gasteiger partial charge in [-0.25, -0.2) is 4.98 Å². The molecule has 0 amide bonds. The van der Waals surface area contributed by atoms with Crippen molar-refractivity contribution in [2.24, 2.45) is 0 Å². The molecule has 0 aliphatic carbocycles. The summed E-state index contributed by atoms with van der Waals surface area (Å²) >= 11 is 3.15. The second-order valence-corrected chi connectivity index (χ2v) is 7.27. The summed E-state index contributed by atoms with van der Waals surface area (Å²) in [6.45, 7) is 1.99. The first kappa shape index (κ1) is 15.3. The van der Waals surface area contributed by atoms with E-state index in [2.05, 4.69) is 38.4 Å². The fourth-order valence-corrected chi connectivity index (χ4v) is 3.81. The molecule has 24 heavy (non-hydrogen) atoms. The van der Waals surface area contributed by atoms with Gasteiger partial charge in [0.05, 0.1) is 22.6 Å². The summed E-state index contributed by atoms with van der Waals surface area (Å²) in [5.74, 6) is 1.34. The minimum absolute atomic E-state index is 0.574. The van der Waals surface area contributed by atoms with Crippen molar-refractivity contribution in [2.45, 2.75) is 24.3 Å². The van der Waals surface area contributed by atoms with Crippen molar-refractivity contribution >= 4 is 34.0 Å². The van der Waals surface area contributed by atoms with E-state index in [1.807, 2.05) is 30.6 Å². The second-order valence-electron chi connectivity index (χ2n) is 5.28. The topological polar surface area (TPSA) is 64.7 Å². The number of nitrogens with zero attached hydrogens (tertiary/aromatic N) is 4. The van der Waals surface area contributed by atoms with Gasteiger partial charge in [-0.15, -0.1) is 21.5 Å². The molecule has 0 bridgehead atoms. The zero-order valence-corrected chi connectivity index (χ0v) is 14.6. The Hall–Kier alpha value is -2.25. The van der Waals surface area contributed by atoms with Crippen molar-refractivity contribution in [3.8, 4) is 0 Å². The Balaban J connectivity index is 1.46. The van der Waals surface area contributed by atoms with Crippen molar-refractivity contribution in [1.29, 1.82) is 0 Å². The van der Waals surface area contributed by atoms with E-state index in [4.69, 9.17) is 4.42 Å². The first-order valence-corrected chi connectivity index (χ1v) is 9.33. The van der Waals surface area contributed by atoms with Crippen LogP contribution in [-0.4, -0.2) is 20.2 Å². The van der Waals surface area contributed by atoms with Gasteiger partial charge in [0.15, 0.2) is 0 Å². The SMILES string of the molecule is Cc1nc(Cc2nnc(SCc3cccc4cccnc34)o2)cs1. The molecule has 0 saturated heterocycles. The largest absolute Gasteiger partial charge is 0.416 e. The summed E-state index contributed by atoms with van der Waals surface area (Å²) in [4.78, 5) is 8.89. The second kappa shape index (κ2) is 6.70. The lowest BCUT2D eigenvalue weighted by Gasteiger charge is -2.03. The molecule has 0 radical (unpaired) electrons. The summed E-state index contributed by atoms with van der Waals surface area (Å²) in [7, 11) is 0. The zero-order valence-electron chi connectivity index (χ0n) is 13.0. The van der Waals surface area contributed by atoms with Crippen LogP contribution in [0.25, 0.3) is 10.9 Å². The van der Waals surface area contributed by atoms with Crippen LogP contribution in [0.1, 0.15) is 22.2 Å². The number of pyridine rings is 1. The highest BCUT2D eigenvalue weighted by Gasteiger charge is 2.10. The molecule has 0 N–H and O–H groups in total. The van der Waals surface area contributed by atoms with Crippen molar-refractivity contribution < 1.29 is 4.42 Å². The van der Waals surface area contributed by atoms with E-state index in [0.717, 1.165) is 32.9 Å². The van der Waals surface area contributed by atoms with E-state index >= 15 is 0 Å². The standard InChI is InChI=1S/C17H14N4OS2/c1-11-19-14(10-23-11)8-15-20-21-17(22-15)24-9-13-5-2-4-12-6-3-7-18-16(12)13/h2-7,10H,8-9H2,1H3. The molecule has 0 saturated carbocycles. The average molecular weight is 354 g/mol.